The molecule has 0 aliphatic rings. The number of esters is 2. The Kier molecular flexibility index (Phi) is 9.10. The number of benzene rings is 2. The van der Waals surface area contributed by atoms with Gasteiger partial charge in [0.1, 0.15) is 22.6 Å². The average Bonchev–Trinajstić information content (AvgIpc) is 2.70. The molecule has 7 heteroatoms. The standard InChI is InChI=1S/C22H24ClIO5/c1-5-19(24-4)20(23)22(26)29-18-12-10-17(11-13-18)28-21(25)15-6-8-16(9-7-15)27-14(2)3/h6-14,19-20H,4-5H2,1-3H3. The minimum absolute atomic E-state index is 0.0580. The predicted molar refractivity (Wildman–Crippen MR) is 124 cm³/mol. The van der Waals surface area contributed by atoms with Crippen LogP contribution in [0.1, 0.15) is 37.6 Å². The Morgan fingerprint density at radius 2 is 1.48 bits per heavy atom. The van der Waals surface area contributed by atoms with Crippen LogP contribution >= 0.6 is 32.3 Å². The van der Waals surface area contributed by atoms with E-state index >= 15 is 0 Å². The van der Waals surface area contributed by atoms with E-state index in [1.54, 1.807) is 48.5 Å². The summed E-state index contributed by atoms with van der Waals surface area (Å²) in [5.74, 6) is 0.390. The zero-order valence-corrected chi connectivity index (χ0v) is 19.5. The van der Waals surface area contributed by atoms with Gasteiger partial charge in [0.2, 0.25) is 0 Å². The number of hydrogen-bond donors (Lipinski definition) is 0. The Labute approximate surface area is 186 Å². The molecular weight excluding hydrogens is 507 g/mol. The molecule has 2 aromatic carbocycles. The maximum absolute atomic E-state index is 12.3. The number of ether oxygens (including phenoxy) is 3. The van der Waals surface area contributed by atoms with Crippen molar-refractivity contribution in [2.45, 2.75) is 42.6 Å². The van der Waals surface area contributed by atoms with Gasteiger partial charge < -0.3 is 14.2 Å². The molecule has 2 atom stereocenters. The molecule has 0 fully saturated rings. The summed E-state index contributed by atoms with van der Waals surface area (Å²) in [6.45, 7) is 5.84. The molecule has 0 aromatic heterocycles. The van der Waals surface area contributed by atoms with Crippen LogP contribution in [0.3, 0.4) is 0 Å². The largest absolute Gasteiger partial charge is 0.491 e. The molecule has 29 heavy (non-hydrogen) atoms. The summed E-state index contributed by atoms with van der Waals surface area (Å²) in [4.78, 5) is 24.4. The molecule has 0 heterocycles. The normalized spacial score (nSPS) is 12.9. The third kappa shape index (κ3) is 7.12. The highest BCUT2D eigenvalue weighted by Gasteiger charge is 2.25. The van der Waals surface area contributed by atoms with E-state index in [9.17, 15) is 9.59 Å². The van der Waals surface area contributed by atoms with E-state index in [1.807, 2.05) is 20.8 Å². The molecule has 156 valence electrons. The van der Waals surface area contributed by atoms with Gasteiger partial charge in [0.15, 0.2) is 0 Å². The van der Waals surface area contributed by atoms with Crippen LogP contribution in [0.4, 0.5) is 0 Å². The molecular formula is C22H24ClIO5. The Morgan fingerprint density at radius 1 is 0.966 bits per heavy atom. The third-order valence-corrected chi connectivity index (χ3v) is 7.48. The number of alkyl halides is 2. The first-order valence-corrected chi connectivity index (χ1v) is 12.4. The van der Waals surface area contributed by atoms with Crippen LogP contribution in [0.15, 0.2) is 48.5 Å². The van der Waals surface area contributed by atoms with E-state index in [0.29, 0.717) is 22.8 Å². The van der Waals surface area contributed by atoms with E-state index in [-0.39, 0.29) is 10.0 Å². The summed E-state index contributed by atoms with van der Waals surface area (Å²) < 4.78 is 20.2. The van der Waals surface area contributed by atoms with Crippen LogP contribution in [-0.2, 0) is 4.79 Å². The van der Waals surface area contributed by atoms with Crippen LogP contribution < -0.4 is 14.2 Å². The zero-order chi connectivity index (χ0) is 21.4. The van der Waals surface area contributed by atoms with Gasteiger partial charge in [-0.25, -0.2) is 9.59 Å². The lowest BCUT2D eigenvalue weighted by Gasteiger charge is -2.15. The predicted octanol–water partition coefficient (Wildman–Crippen LogP) is 5.39. The first-order valence-electron chi connectivity index (χ1n) is 9.15. The number of hydrogen-bond acceptors (Lipinski definition) is 5. The summed E-state index contributed by atoms with van der Waals surface area (Å²) in [5.41, 5.74) is 0.406. The van der Waals surface area contributed by atoms with Crippen LogP contribution in [-0.4, -0.2) is 31.9 Å². The minimum Gasteiger partial charge on any atom is -0.491 e. The monoisotopic (exact) mass is 530 g/mol. The quantitative estimate of drug-likeness (QED) is 0.188. The lowest BCUT2D eigenvalue weighted by Crippen LogP contribution is -2.28. The summed E-state index contributed by atoms with van der Waals surface area (Å²) >= 11 is 5.79. The summed E-state index contributed by atoms with van der Waals surface area (Å²) in [7, 11) is 0. The van der Waals surface area contributed by atoms with E-state index in [0.717, 1.165) is 6.42 Å². The van der Waals surface area contributed by atoms with Gasteiger partial charge in [-0.3, -0.25) is 0 Å². The first kappa shape index (κ1) is 23.3. The second-order valence-corrected chi connectivity index (χ2v) is 9.40. The molecule has 0 aliphatic carbocycles. The topological polar surface area (TPSA) is 61.8 Å². The van der Waals surface area contributed by atoms with Gasteiger partial charge in [0, 0.05) is 3.92 Å². The molecule has 0 aliphatic heterocycles. The van der Waals surface area contributed by atoms with Crippen LogP contribution in [0.25, 0.3) is 0 Å². The maximum Gasteiger partial charge on any atom is 0.343 e. The van der Waals surface area contributed by atoms with Crippen molar-refractivity contribution in [2.75, 3.05) is 0 Å². The van der Waals surface area contributed by atoms with E-state index < -0.39 is 38.0 Å². The molecule has 2 rings (SSSR count). The van der Waals surface area contributed by atoms with Crippen LogP contribution in [0.2, 0.25) is 0 Å². The Hall–Kier alpha value is -1.93. The molecule has 2 aromatic rings. The zero-order valence-electron chi connectivity index (χ0n) is 16.6. The molecule has 0 bridgehead atoms. The molecule has 0 radical (unpaired) electrons. The van der Waals surface area contributed by atoms with E-state index in [1.165, 1.54) is 0 Å². The number of carbonyl (C=O) groups is 2. The third-order valence-electron chi connectivity index (χ3n) is 3.85. The summed E-state index contributed by atoms with van der Waals surface area (Å²) in [5, 5.41) is -0.703. The highest BCUT2D eigenvalue weighted by molar-refractivity contribution is 14.2. The summed E-state index contributed by atoms with van der Waals surface area (Å²) in [6, 6.07) is 13.0. The van der Waals surface area contributed by atoms with Gasteiger partial charge in [0.05, 0.1) is 11.7 Å². The molecule has 2 unspecified atom stereocenters. The van der Waals surface area contributed by atoms with Crippen molar-refractivity contribution < 1.29 is 23.8 Å². The molecule has 5 nitrogen and oxygen atoms in total. The fraction of sp³-hybridized carbons (Fsp3) is 0.318. The highest BCUT2D eigenvalue weighted by Crippen LogP contribution is 2.24. The second-order valence-electron chi connectivity index (χ2n) is 6.45. The smallest absolute Gasteiger partial charge is 0.343 e. The van der Waals surface area contributed by atoms with Gasteiger partial charge >= 0.3 is 11.9 Å². The van der Waals surface area contributed by atoms with E-state index in [4.69, 9.17) is 25.8 Å². The number of carbonyl (C=O) groups excluding carboxylic acids is 2. The van der Waals surface area contributed by atoms with Gasteiger partial charge in [0.25, 0.3) is 0 Å². The summed E-state index contributed by atoms with van der Waals surface area (Å²) in [6.07, 6.45) is 0.849. The van der Waals surface area contributed by atoms with Crippen molar-refractivity contribution in [3.05, 3.63) is 54.1 Å². The first-order chi connectivity index (χ1) is 13.8. The molecule has 0 saturated carbocycles. The highest BCUT2D eigenvalue weighted by atomic mass is 127. The van der Waals surface area contributed by atoms with Crippen LogP contribution in [0, 0.1) is 0 Å². The average molecular weight is 531 g/mol. The van der Waals surface area contributed by atoms with Crippen molar-refractivity contribution in [3.63, 3.8) is 0 Å². The maximum atomic E-state index is 12.3. The van der Waals surface area contributed by atoms with Gasteiger partial charge in [-0.1, -0.05) is 11.4 Å². The number of rotatable bonds is 9. The SMILES string of the molecule is C=IC(CC)C(Cl)C(=O)Oc1ccc(OC(=O)c2ccc(OC(C)C)cc2)cc1. The molecule has 0 amide bonds. The van der Waals surface area contributed by atoms with Crippen molar-refractivity contribution in [3.8, 4) is 17.2 Å². The molecule has 0 N–H and O–H groups in total. The Morgan fingerprint density at radius 3 is 1.97 bits per heavy atom. The van der Waals surface area contributed by atoms with Crippen LogP contribution in [0.5, 0.6) is 17.2 Å². The Bertz CT molecular complexity index is 833. The molecule has 0 saturated heterocycles. The van der Waals surface area contributed by atoms with Gasteiger partial charge in [-0.05, 0) is 68.8 Å². The van der Waals surface area contributed by atoms with Crippen molar-refractivity contribution >= 4 is 48.8 Å². The minimum atomic E-state index is -0.703. The van der Waals surface area contributed by atoms with Crippen molar-refractivity contribution in [1.82, 2.24) is 0 Å². The van der Waals surface area contributed by atoms with E-state index in [2.05, 4.69) is 4.51 Å². The second kappa shape index (κ2) is 11.3. The molecule has 0 spiro atoms. The fourth-order valence-corrected chi connectivity index (χ4v) is 4.44. The van der Waals surface area contributed by atoms with Crippen molar-refractivity contribution in [2.24, 2.45) is 0 Å². The van der Waals surface area contributed by atoms with Crippen molar-refractivity contribution in [1.29, 1.82) is 0 Å². The number of halogens is 2. The van der Waals surface area contributed by atoms with Gasteiger partial charge in [-0.2, -0.15) is 0 Å². The lowest BCUT2D eigenvalue weighted by atomic mass is 10.2. The Balaban J connectivity index is 1.95. The fourth-order valence-electron chi connectivity index (χ4n) is 2.40. The van der Waals surface area contributed by atoms with Gasteiger partial charge in [-0.15, -0.1) is 32.3 Å². The lowest BCUT2D eigenvalue weighted by molar-refractivity contribution is -0.133.